The maximum Gasteiger partial charge on any atom is 0.214 e. The first-order valence-electron chi connectivity index (χ1n) is 7.74. The molecule has 0 fully saturated rings. The Morgan fingerprint density at radius 1 is 1.20 bits per heavy atom. The second-order valence-electron chi connectivity index (χ2n) is 6.10. The number of carbonyl (C=O) groups excluding carboxylic acids is 1. The molecular formula is C17H18BrN5O2. The maximum atomic E-state index is 13.3. The number of ketones is 1. The highest BCUT2D eigenvalue weighted by Crippen LogP contribution is 2.42. The lowest BCUT2D eigenvalue weighted by Crippen LogP contribution is -2.36. The zero-order valence-corrected chi connectivity index (χ0v) is 15.4. The molecule has 2 aromatic heterocycles. The lowest BCUT2D eigenvalue weighted by atomic mass is 9.81. The summed E-state index contributed by atoms with van der Waals surface area (Å²) in [6, 6.07) is 9.20. The van der Waals surface area contributed by atoms with Crippen molar-refractivity contribution in [3.63, 3.8) is 0 Å². The second kappa shape index (κ2) is 7.18. The number of hydrogen-bond acceptors (Lipinski definition) is 5. The average molecular weight is 404 g/mol. The summed E-state index contributed by atoms with van der Waals surface area (Å²) in [4.78, 5) is 24.3. The molecule has 7 nitrogen and oxygen atoms in total. The molecule has 8 heteroatoms. The topological polar surface area (TPSA) is 96.6 Å². The number of carbonyl (C=O) groups is 1. The highest BCUT2D eigenvalue weighted by Gasteiger charge is 2.43. The highest BCUT2D eigenvalue weighted by atomic mass is 79.9. The van der Waals surface area contributed by atoms with Crippen molar-refractivity contribution in [1.82, 2.24) is 25.1 Å². The number of aromatic nitrogens is 5. The molecule has 0 aliphatic rings. The van der Waals surface area contributed by atoms with E-state index in [9.17, 15) is 4.79 Å². The van der Waals surface area contributed by atoms with Crippen molar-refractivity contribution in [2.45, 2.75) is 24.8 Å². The van der Waals surface area contributed by atoms with Gasteiger partial charge in [-0.3, -0.25) is 9.89 Å². The van der Waals surface area contributed by atoms with Crippen LogP contribution in [-0.4, -0.2) is 30.9 Å². The summed E-state index contributed by atoms with van der Waals surface area (Å²) < 4.78 is 5.96. The van der Waals surface area contributed by atoms with Crippen LogP contribution < -0.4 is 4.74 Å². The first kappa shape index (κ1) is 17.3. The molecule has 0 aliphatic carbocycles. The Kier molecular flexibility index (Phi) is 4.98. The van der Waals surface area contributed by atoms with Crippen LogP contribution in [0.2, 0.25) is 0 Å². The van der Waals surface area contributed by atoms with Gasteiger partial charge in [-0.05, 0) is 12.1 Å². The van der Waals surface area contributed by atoms with Crippen LogP contribution in [0.3, 0.4) is 0 Å². The number of H-pyrrole nitrogens is 2. The van der Waals surface area contributed by atoms with Crippen LogP contribution in [0, 0.1) is 5.41 Å². The molecule has 0 aliphatic heterocycles. The third kappa shape index (κ3) is 3.63. The normalized spacial score (nSPS) is 14.0. The van der Waals surface area contributed by atoms with E-state index in [2.05, 4.69) is 41.1 Å². The minimum absolute atomic E-state index is 0.135. The lowest BCUT2D eigenvalue weighted by Gasteiger charge is -2.30. The molecule has 130 valence electrons. The standard InChI is InChI=1S/C17H18BrN5O2/c1-17(2,13(18)16-21-10-22-23-16)14(24)12(15-19-8-9-20-15)25-11-6-4-3-5-7-11/h3-10,12-13H,1-2H3,(H,19,20)(H,21,22,23). The second-order valence-corrected chi connectivity index (χ2v) is 7.02. The van der Waals surface area contributed by atoms with Gasteiger partial charge in [-0.1, -0.05) is 48.0 Å². The summed E-state index contributed by atoms with van der Waals surface area (Å²) in [6.45, 7) is 3.67. The molecule has 2 unspecified atom stereocenters. The molecule has 1 aromatic carbocycles. The Morgan fingerprint density at radius 2 is 1.96 bits per heavy atom. The molecule has 0 radical (unpaired) electrons. The number of halogens is 1. The van der Waals surface area contributed by atoms with E-state index < -0.39 is 11.5 Å². The van der Waals surface area contributed by atoms with Crippen molar-refractivity contribution >= 4 is 21.7 Å². The van der Waals surface area contributed by atoms with Crippen molar-refractivity contribution in [3.8, 4) is 5.75 Å². The van der Waals surface area contributed by atoms with Crippen LogP contribution >= 0.6 is 15.9 Å². The fourth-order valence-corrected chi connectivity index (χ4v) is 2.88. The summed E-state index contributed by atoms with van der Waals surface area (Å²) in [5, 5.41) is 6.65. The van der Waals surface area contributed by atoms with E-state index in [0.29, 0.717) is 17.4 Å². The summed E-state index contributed by atoms with van der Waals surface area (Å²) in [5.41, 5.74) is -0.828. The number of nitrogens with zero attached hydrogens (tertiary/aromatic N) is 3. The number of para-hydroxylation sites is 1. The first-order chi connectivity index (χ1) is 12.0. The maximum absolute atomic E-state index is 13.3. The minimum atomic E-state index is -0.865. The van der Waals surface area contributed by atoms with Gasteiger partial charge in [-0.25, -0.2) is 9.97 Å². The highest BCUT2D eigenvalue weighted by molar-refractivity contribution is 9.09. The van der Waals surface area contributed by atoms with Gasteiger partial charge in [-0.15, -0.1) is 0 Å². The van der Waals surface area contributed by atoms with Gasteiger partial charge in [0.1, 0.15) is 17.9 Å². The predicted octanol–water partition coefficient (Wildman–Crippen LogP) is 3.38. The van der Waals surface area contributed by atoms with Gasteiger partial charge in [-0.2, -0.15) is 5.10 Å². The number of hydrogen-bond donors (Lipinski definition) is 2. The molecule has 2 atom stereocenters. The largest absolute Gasteiger partial charge is 0.475 e. The first-order valence-corrected chi connectivity index (χ1v) is 8.66. The smallest absolute Gasteiger partial charge is 0.214 e. The Hall–Kier alpha value is -2.48. The Labute approximate surface area is 153 Å². The van der Waals surface area contributed by atoms with Gasteiger partial charge in [0.05, 0.1) is 4.83 Å². The van der Waals surface area contributed by atoms with E-state index in [1.165, 1.54) is 6.33 Å². The molecule has 2 heterocycles. The van der Waals surface area contributed by atoms with Crippen LogP contribution in [0.1, 0.15) is 36.4 Å². The number of nitrogens with one attached hydrogen (secondary N) is 2. The molecule has 0 saturated carbocycles. The van der Waals surface area contributed by atoms with Crippen LogP contribution in [0.25, 0.3) is 0 Å². The van der Waals surface area contributed by atoms with Crippen molar-refractivity contribution in [2.75, 3.05) is 0 Å². The molecule has 2 N–H and O–H groups in total. The summed E-state index contributed by atoms with van der Waals surface area (Å²) in [6.07, 6.45) is 3.81. The summed E-state index contributed by atoms with van der Waals surface area (Å²) in [7, 11) is 0. The minimum Gasteiger partial charge on any atom is -0.475 e. The monoisotopic (exact) mass is 403 g/mol. The molecule has 3 aromatic rings. The van der Waals surface area contributed by atoms with Gasteiger partial charge in [0.25, 0.3) is 0 Å². The number of benzene rings is 1. The molecule has 0 saturated heterocycles. The van der Waals surface area contributed by atoms with Gasteiger partial charge < -0.3 is 9.72 Å². The molecule has 0 bridgehead atoms. The Bertz CT molecular complexity index is 803. The zero-order chi connectivity index (χ0) is 17.9. The number of rotatable bonds is 7. The van der Waals surface area contributed by atoms with Crippen LogP contribution in [0.4, 0.5) is 0 Å². The van der Waals surface area contributed by atoms with E-state index >= 15 is 0 Å². The molecule has 0 spiro atoms. The molecular weight excluding hydrogens is 386 g/mol. The number of imidazole rings is 1. The van der Waals surface area contributed by atoms with E-state index in [0.717, 1.165) is 0 Å². The number of alkyl halides is 1. The van der Waals surface area contributed by atoms with E-state index in [1.807, 2.05) is 32.0 Å². The van der Waals surface area contributed by atoms with Gasteiger partial charge in [0.2, 0.25) is 6.10 Å². The van der Waals surface area contributed by atoms with Crippen molar-refractivity contribution < 1.29 is 9.53 Å². The Morgan fingerprint density at radius 3 is 2.56 bits per heavy atom. The molecule has 25 heavy (non-hydrogen) atoms. The van der Waals surface area contributed by atoms with Gasteiger partial charge >= 0.3 is 0 Å². The fourth-order valence-electron chi connectivity index (χ4n) is 2.43. The number of aromatic amines is 2. The predicted molar refractivity (Wildman–Crippen MR) is 95.2 cm³/mol. The van der Waals surface area contributed by atoms with Crippen LogP contribution in [0.5, 0.6) is 5.75 Å². The van der Waals surface area contributed by atoms with Crippen molar-refractivity contribution in [3.05, 3.63) is 60.7 Å². The van der Waals surface area contributed by atoms with Gasteiger partial charge in [0.15, 0.2) is 11.6 Å². The van der Waals surface area contributed by atoms with Crippen molar-refractivity contribution in [1.29, 1.82) is 0 Å². The third-order valence-corrected chi connectivity index (χ3v) is 5.52. The van der Waals surface area contributed by atoms with E-state index in [1.54, 1.807) is 24.5 Å². The molecule has 0 amide bonds. The fraction of sp³-hybridized carbons (Fsp3) is 0.294. The number of Topliss-reactive ketones (excluding diaryl/α,β-unsaturated/α-hetero) is 1. The van der Waals surface area contributed by atoms with E-state index in [4.69, 9.17) is 4.74 Å². The quantitative estimate of drug-likeness (QED) is 0.589. The summed E-state index contributed by atoms with van der Waals surface area (Å²) in [5.74, 6) is 1.50. The number of ether oxygens (including phenoxy) is 1. The van der Waals surface area contributed by atoms with Crippen molar-refractivity contribution in [2.24, 2.45) is 5.41 Å². The lowest BCUT2D eigenvalue weighted by molar-refractivity contribution is -0.135. The SMILES string of the molecule is CC(C)(C(=O)C(Oc1ccccc1)c1ncc[nH]1)C(Br)c1ncn[nH]1. The van der Waals surface area contributed by atoms with E-state index in [-0.39, 0.29) is 10.6 Å². The van der Waals surface area contributed by atoms with Crippen LogP contribution in [-0.2, 0) is 4.79 Å². The third-order valence-electron chi connectivity index (χ3n) is 3.95. The zero-order valence-electron chi connectivity index (χ0n) is 13.8. The Balaban J connectivity index is 1.91. The molecule has 3 rings (SSSR count). The van der Waals surface area contributed by atoms with Gasteiger partial charge in [0, 0.05) is 17.8 Å². The summed E-state index contributed by atoms with van der Waals surface area (Å²) >= 11 is 3.56. The average Bonchev–Trinajstić information content (AvgIpc) is 3.32. The van der Waals surface area contributed by atoms with Crippen LogP contribution in [0.15, 0.2) is 49.1 Å².